The highest BCUT2D eigenvalue weighted by Gasteiger charge is 2.26. The van der Waals surface area contributed by atoms with Gasteiger partial charge in [-0.05, 0) is 20.8 Å². The molecular formula is C14H25N3O3. The Labute approximate surface area is 120 Å². The van der Waals surface area contributed by atoms with Crippen molar-refractivity contribution < 1.29 is 14.3 Å². The van der Waals surface area contributed by atoms with Gasteiger partial charge in [-0.1, -0.05) is 6.08 Å². The van der Waals surface area contributed by atoms with Crippen molar-refractivity contribution in [2.45, 2.75) is 26.4 Å². The SMILES string of the molecule is C=CCNC(=O)CN1CCN(C(=O)OC(C)(C)C)CC1. The zero-order chi connectivity index (χ0) is 15.2. The summed E-state index contributed by atoms with van der Waals surface area (Å²) in [5.74, 6) is -0.0179. The van der Waals surface area contributed by atoms with Crippen LogP contribution in [0.15, 0.2) is 12.7 Å². The lowest BCUT2D eigenvalue weighted by Gasteiger charge is -2.35. The van der Waals surface area contributed by atoms with Crippen molar-refractivity contribution in [2.24, 2.45) is 0 Å². The van der Waals surface area contributed by atoms with Crippen LogP contribution in [0.4, 0.5) is 4.79 Å². The highest BCUT2D eigenvalue weighted by Crippen LogP contribution is 2.11. The summed E-state index contributed by atoms with van der Waals surface area (Å²) in [5.41, 5.74) is -0.473. The van der Waals surface area contributed by atoms with Gasteiger partial charge in [0.05, 0.1) is 6.54 Å². The van der Waals surface area contributed by atoms with E-state index in [1.54, 1.807) is 11.0 Å². The lowest BCUT2D eigenvalue weighted by atomic mass is 10.2. The normalized spacial score (nSPS) is 16.6. The van der Waals surface area contributed by atoms with E-state index in [0.717, 1.165) is 0 Å². The van der Waals surface area contributed by atoms with E-state index in [9.17, 15) is 9.59 Å². The number of nitrogens with zero attached hydrogens (tertiary/aromatic N) is 2. The van der Waals surface area contributed by atoms with Crippen LogP contribution in [-0.4, -0.2) is 66.7 Å². The summed E-state index contributed by atoms with van der Waals surface area (Å²) in [5, 5.41) is 2.74. The molecule has 1 N–H and O–H groups in total. The molecule has 0 saturated carbocycles. The second-order valence-corrected chi connectivity index (χ2v) is 5.84. The van der Waals surface area contributed by atoms with Gasteiger partial charge in [0.15, 0.2) is 0 Å². The first-order valence-corrected chi connectivity index (χ1v) is 6.89. The number of ether oxygens (including phenoxy) is 1. The van der Waals surface area contributed by atoms with Gasteiger partial charge in [0.2, 0.25) is 5.91 Å². The maximum atomic E-state index is 11.9. The van der Waals surface area contributed by atoms with Crippen LogP contribution in [-0.2, 0) is 9.53 Å². The summed E-state index contributed by atoms with van der Waals surface area (Å²) in [6, 6.07) is 0. The molecule has 20 heavy (non-hydrogen) atoms. The highest BCUT2D eigenvalue weighted by molar-refractivity contribution is 5.78. The van der Waals surface area contributed by atoms with Crippen LogP contribution in [0.5, 0.6) is 0 Å². The molecular weight excluding hydrogens is 258 g/mol. The van der Waals surface area contributed by atoms with E-state index < -0.39 is 5.60 Å². The van der Waals surface area contributed by atoms with Crippen LogP contribution in [0, 0.1) is 0 Å². The van der Waals surface area contributed by atoms with Gasteiger partial charge in [-0.25, -0.2) is 4.79 Å². The summed E-state index contributed by atoms with van der Waals surface area (Å²) < 4.78 is 5.32. The van der Waals surface area contributed by atoms with Crippen molar-refractivity contribution in [3.63, 3.8) is 0 Å². The molecule has 1 saturated heterocycles. The predicted octanol–water partition coefficient (Wildman–Crippen LogP) is 0.841. The molecule has 0 aromatic heterocycles. The third-order valence-corrected chi connectivity index (χ3v) is 2.83. The molecule has 2 amide bonds. The van der Waals surface area contributed by atoms with Gasteiger partial charge in [-0.15, -0.1) is 6.58 Å². The molecule has 0 radical (unpaired) electrons. The minimum absolute atomic E-state index is 0.0179. The average molecular weight is 283 g/mol. The zero-order valence-electron chi connectivity index (χ0n) is 12.6. The molecule has 0 aromatic rings. The Bertz CT molecular complexity index is 355. The first kappa shape index (κ1) is 16.5. The van der Waals surface area contributed by atoms with Crippen LogP contribution in [0.25, 0.3) is 0 Å². The molecule has 1 heterocycles. The van der Waals surface area contributed by atoms with E-state index in [4.69, 9.17) is 4.74 Å². The van der Waals surface area contributed by atoms with Crippen LogP contribution >= 0.6 is 0 Å². The van der Waals surface area contributed by atoms with Crippen LogP contribution in [0.3, 0.4) is 0 Å². The Morgan fingerprint density at radius 1 is 1.25 bits per heavy atom. The molecule has 1 fully saturated rings. The highest BCUT2D eigenvalue weighted by atomic mass is 16.6. The summed E-state index contributed by atoms with van der Waals surface area (Å²) in [7, 11) is 0. The van der Waals surface area contributed by atoms with E-state index >= 15 is 0 Å². The lowest BCUT2D eigenvalue weighted by Crippen LogP contribution is -2.52. The van der Waals surface area contributed by atoms with E-state index in [1.165, 1.54) is 0 Å². The molecule has 1 rings (SSSR count). The van der Waals surface area contributed by atoms with Crippen molar-refractivity contribution in [2.75, 3.05) is 39.3 Å². The third kappa shape index (κ3) is 6.06. The second kappa shape index (κ2) is 7.28. The van der Waals surface area contributed by atoms with E-state index in [1.807, 2.05) is 25.7 Å². The molecule has 114 valence electrons. The zero-order valence-corrected chi connectivity index (χ0v) is 12.6. The quantitative estimate of drug-likeness (QED) is 0.777. The summed E-state index contributed by atoms with van der Waals surface area (Å²) >= 11 is 0. The van der Waals surface area contributed by atoms with Crippen molar-refractivity contribution in [1.82, 2.24) is 15.1 Å². The number of hydrogen-bond acceptors (Lipinski definition) is 4. The number of carbonyl (C=O) groups excluding carboxylic acids is 2. The summed E-state index contributed by atoms with van der Waals surface area (Å²) in [6.07, 6.45) is 1.37. The minimum Gasteiger partial charge on any atom is -0.444 e. The smallest absolute Gasteiger partial charge is 0.410 e. The number of amides is 2. The minimum atomic E-state index is -0.473. The largest absolute Gasteiger partial charge is 0.444 e. The van der Waals surface area contributed by atoms with Crippen molar-refractivity contribution >= 4 is 12.0 Å². The third-order valence-electron chi connectivity index (χ3n) is 2.83. The van der Waals surface area contributed by atoms with Gasteiger partial charge in [0.25, 0.3) is 0 Å². The molecule has 0 aromatic carbocycles. The Kier molecular flexibility index (Phi) is 6.01. The lowest BCUT2D eigenvalue weighted by molar-refractivity contribution is -0.122. The molecule has 0 spiro atoms. The fourth-order valence-electron chi connectivity index (χ4n) is 1.86. The van der Waals surface area contributed by atoms with Crippen LogP contribution in [0.2, 0.25) is 0 Å². The van der Waals surface area contributed by atoms with Crippen molar-refractivity contribution in [1.29, 1.82) is 0 Å². The standard InChI is InChI=1S/C14H25N3O3/c1-5-6-15-12(18)11-16-7-9-17(10-8-16)13(19)20-14(2,3)4/h5H,1,6-11H2,2-4H3,(H,15,18). The number of hydrogen-bond donors (Lipinski definition) is 1. The number of nitrogens with one attached hydrogen (secondary N) is 1. The number of carbonyl (C=O) groups is 2. The first-order chi connectivity index (χ1) is 9.31. The molecule has 1 aliphatic rings. The number of rotatable bonds is 4. The van der Waals surface area contributed by atoms with Gasteiger partial charge in [0.1, 0.15) is 5.60 Å². The Morgan fingerprint density at radius 2 is 1.85 bits per heavy atom. The maximum absolute atomic E-state index is 11.9. The Hall–Kier alpha value is -1.56. The molecule has 0 bridgehead atoms. The number of piperazine rings is 1. The van der Waals surface area contributed by atoms with Crippen molar-refractivity contribution in [3.05, 3.63) is 12.7 Å². The monoisotopic (exact) mass is 283 g/mol. The van der Waals surface area contributed by atoms with Gasteiger partial charge >= 0.3 is 6.09 Å². The molecule has 0 unspecified atom stereocenters. The second-order valence-electron chi connectivity index (χ2n) is 5.84. The van der Waals surface area contributed by atoms with E-state index in [-0.39, 0.29) is 12.0 Å². The summed E-state index contributed by atoms with van der Waals surface area (Å²) in [4.78, 5) is 27.2. The molecule has 1 aliphatic heterocycles. The predicted molar refractivity (Wildman–Crippen MR) is 77.5 cm³/mol. The van der Waals surface area contributed by atoms with Crippen molar-refractivity contribution in [3.8, 4) is 0 Å². The topological polar surface area (TPSA) is 61.9 Å². The van der Waals surface area contributed by atoms with Gasteiger partial charge < -0.3 is 15.0 Å². The average Bonchev–Trinajstić information content (AvgIpc) is 2.35. The molecule has 0 atom stereocenters. The van der Waals surface area contributed by atoms with Gasteiger partial charge in [-0.3, -0.25) is 9.69 Å². The fourth-order valence-corrected chi connectivity index (χ4v) is 1.86. The van der Waals surface area contributed by atoms with Gasteiger partial charge in [-0.2, -0.15) is 0 Å². The Morgan fingerprint density at radius 3 is 2.35 bits per heavy atom. The van der Waals surface area contributed by atoms with Gasteiger partial charge in [0, 0.05) is 32.7 Å². The first-order valence-electron chi connectivity index (χ1n) is 6.89. The van der Waals surface area contributed by atoms with Crippen LogP contribution in [0.1, 0.15) is 20.8 Å². The summed E-state index contributed by atoms with van der Waals surface area (Å²) in [6.45, 7) is 12.5. The van der Waals surface area contributed by atoms with E-state index in [2.05, 4.69) is 11.9 Å². The molecule has 0 aliphatic carbocycles. The Balaban J connectivity index is 2.31. The fraction of sp³-hybridized carbons (Fsp3) is 0.714. The molecule has 6 nitrogen and oxygen atoms in total. The van der Waals surface area contributed by atoms with E-state index in [0.29, 0.717) is 39.3 Å². The molecule has 6 heteroatoms. The van der Waals surface area contributed by atoms with Crippen LogP contribution < -0.4 is 5.32 Å². The maximum Gasteiger partial charge on any atom is 0.410 e.